The van der Waals surface area contributed by atoms with Crippen molar-refractivity contribution in [3.63, 3.8) is 0 Å². The topological polar surface area (TPSA) is 46.6 Å². The molecule has 0 heterocycles. The Balaban J connectivity index is 2.26. The Morgan fingerprint density at radius 1 is 1.08 bits per heavy atom. The van der Waals surface area contributed by atoms with E-state index in [1.165, 1.54) is 31.4 Å². The molecular weight excluding hydrogens is 309 g/mol. The Morgan fingerprint density at radius 3 is 2.29 bits per heavy atom. The van der Waals surface area contributed by atoms with Crippen molar-refractivity contribution in [2.24, 2.45) is 0 Å². The van der Waals surface area contributed by atoms with Crippen LogP contribution < -0.4 is 0 Å². The number of methoxy groups -OCH3 is 1. The smallest absolute Gasteiger partial charge is 0.307 e. The van der Waals surface area contributed by atoms with Gasteiger partial charge in [-0.25, -0.2) is 4.39 Å². The highest BCUT2D eigenvalue weighted by Gasteiger charge is 2.23. The highest BCUT2D eigenvalue weighted by Crippen LogP contribution is 2.22. The number of carbonyl (C=O) groups excluding carboxylic acids is 2. The van der Waals surface area contributed by atoms with Crippen molar-refractivity contribution < 1.29 is 18.7 Å². The molecule has 1 atom stereocenters. The molecule has 2 aromatic rings. The quantitative estimate of drug-likeness (QED) is 0.761. The van der Waals surface area contributed by atoms with Crippen LogP contribution in [0.25, 0.3) is 0 Å². The van der Waals surface area contributed by atoms with E-state index >= 15 is 0 Å². The minimum absolute atomic E-state index is 0.0978. The van der Waals surface area contributed by atoms with E-state index in [1.54, 1.807) is 4.90 Å². The van der Waals surface area contributed by atoms with Crippen molar-refractivity contribution in [3.8, 4) is 0 Å². The van der Waals surface area contributed by atoms with E-state index in [0.717, 1.165) is 5.56 Å². The average Bonchev–Trinajstić information content (AvgIpc) is 2.62. The van der Waals surface area contributed by atoms with Crippen molar-refractivity contribution >= 4 is 11.9 Å². The third-order valence-electron chi connectivity index (χ3n) is 3.89. The summed E-state index contributed by atoms with van der Waals surface area (Å²) in [6, 6.07) is 14.7. The van der Waals surface area contributed by atoms with E-state index in [4.69, 9.17) is 0 Å². The fourth-order valence-corrected chi connectivity index (χ4v) is 2.45. The predicted octanol–water partition coefficient (Wildman–Crippen LogP) is 3.59. The number of ether oxygens (including phenoxy) is 1. The van der Waals surface area contributed by atoms with E-state index in [9.17, 15) is 14.0 Å². The van der Waals surface area contributed by atoms with Gasteiger partial charge in [0.1, 0.15) is 5.82 Å². The van der Waals surface area contributed by atoms with Crippen LogP contribution in [0.1, 0.15) is 35.3 Å². The first-order valence-electron chi connectivity index (χ1n) is 7.71. The maximum absolute atomic E-state index is 13.1. The molecule has 24 heavy (non-hydrogen) atoms. The maximum Gasteiger partial charge on any atom is 0.307 e. The zero-order chi connectivity index (χ0) is 17.5. The SMILES string of the molecule is COC(=O)CCN(C(=O)c1ccc(F)cc1)C(C)c1ccccc1. The molecule has 126 valence electrons. The van der Waals surface area contributed by atoms with Crippen LogP contribution in [0.2, 0.25) is 0 Å². The van der Waals surface area contributed by atoms with Gasteiger partial charge in [0, 0.05) is 12.1 Å². The molecule has 0 bridgehead atoms. The summed E-state index contributed by atoms with van der Waals surface area (Å²) >= 11 is 0. The molecule has 0 spiro atoms. The number of nitrogens with zero attached hydrogens (tertiary/aromatic N) is 1. The largest absolute Gasteiger partial charge is 0.469 e. The van der Waals surface area contributed by atoms with Crippen molar-refractivity contribution in [2.75, 3.05) is 13.7 Å². The van der Waals surface area contributed by atoms with Crippen LogP contribution in [0.3, 0.4) is 0 Å². The van der Waals surface area contributed by atoms with Gasteiger partial charge < -0.3 is 9.64 Å². The van der Waals surface area contributed by atoms with E-state index in [-0.39, 0.29) is 30.9 Å². The summed E-state index contributed by atoms with van der Waals surface area (Å²) in [5, 5.41) is 0. The summed E-state index contributed by atoms with van der Waals surface area (Å²) in [5.74, 6) is -1.04. The van der Waals surface area contributed by atoms with Crippen LogP contribution in [0.4, 0.5) is 4.39 Å². The van der Waals surface area contributed by atoms with Gasteiger partial charge in [-0.15, -0.1) is 0 Å². The van der Waals surface area contributed by atoms with E-state index in [1.807, 2.05) is 37.3 Å². The number of benzene rings is 2. The molecule has 2 aromatic carbocycles. The molecule has 0 aliphatic rings. The molecule has 0 aliphatic carbocycles. The molecule has 0 aromatic heterocycles. The molecular formula is C19H20FNO3. The number of halogens is 1. The monoisotopic (exact) mass is 329 g/mol. The highest BCUT2D eigenvalue weighted by atomic mass is 19.1. The molecule has 4 nitrogen and oxygen atoms in total. The third kappa shape index (κ3) is 4.41. The molecule has 0 radical (unpaired) electrons. The van der Waals surface area contributed by atoms with Crippen molar-refractivity contribution in [1.82, 2.24) is 4.90 Å². The lowest BCUT2D eigenvalue weighted by Gasteiger charge is -2.29. The first-order chi connectivity index (χ1) is 11.5. The second-order valence-corrected chi connectivity index (χ2v) is 5.42. The van der Waals surface area contributed by atoms with Gasteiger partial charge in [0.2, 0.25) is 0 Å². The Kier molecular flexibility index (Phi) is 6.07. The summed E-state index contributed by atoms with van der Waals surface area (Å²) in [7, 11) is 1.31. The summed E-state index contributed by atoms with van der Waals surface area (Å²) in [4.78, 5) is 25.9. The van der Waals surface area contributed by atoms with Crippen molar-refractivity contribution in [1.29, 1.82) is 0 Å². The normalized spacial score (nSPS) is 11.6. The lowest BCUT2D eigenvalue weighted by atomic mass is 10.0. The molecule has 0 N–H and O–H groups in total. The van der Waals surface area contributed by atoms with Gasteiger partial charge in [-0.1, -0.05) is 30.3 Å². The Hall–Kier alpha value is -2.69. The first-order valence-corrected chi connectivity index (χ1v) is 7.71. The highest BCUT2D eigenvalue weighted by molar-refractivity contribution is 5.94. The maximum atomic E-state index is 13.1. The van der Waals surface area contributed by atoms with Crippen LogP contribution in [0.5, 0.6) is 0 Å². The second-order valence-electron chi connectivity index (χ2n) is 5.42. The van der Waals surface area contributed by atoms with E-state index < -0.39 is 5.82 Å². The zero-order valence-electron chi connectivity index (χ0n) is 13.7. The van der Waals surface area contributed by atoms with Gasteiger partial charge in [0.15, 0.2) is 0 Å². The summed E-state index contributed by atoms with van der Waals surface area (Å²) in [6.45, 7) is 2.12. The molecule has 0 saturated heterocycles. The van der Waals surface area contributed by atoms with Crippen LogP contribution in [-0.2, 0) is 9.53 Å². The minimum atomic E-state index is -0.399. The fraction of sp³-hybridized carbons (Fsp3) is 0.263. The van der Waals surface area contributed by atoms with Gasteiger partial charge in [0.05, 0.1) is 19.6 Å². The standard InChI is InChI=1S/C19H20FNO3/c1-14(15-6-4-3-5-7-15)21(13-12-18(22)24-2)19(23)16-8-10-17(20)11-9-16/h3-11,14H,12-13H2,1-2H3. The number of carbonyl (C=O) groups is 2. The lowest BCUT2D eigenvalue weighted by molar-refractivity contribution is -0.140. The molecule has 1 unspecified atom stereocenters. The molecule has 0 saturated carbocycles. The number of rotatable bonds is 6. The van der Waals surface area contributed by atoms with Gasteiger partial charge >= 0.3 is 5.97 Å². The fourth-order valence-electron chi connectivity index (χ4n) is 2.45. The molecule has 0 aliphatic heterocycles. The molecule has 2 rings (SSSR count). The Bertz CT molecular complexity index is 686. The average molecular weight is 329 g/mol. The third-order valence-corrected chi connectivity index (χ3v) is 3.89. The molecule has 5 heteroatoms. The lowest BCUT2D eigenvalue weighted by Crippen LogP contribution is -2.35. The van der Waals surface area contributed by atoms with Gasteiger partial charge in [-0.3, -0.25) is 9.59 Å². The van der Waals surface area contributed by atoms with Gasteiger partial charge in [-0.05, 0) is 36.8 Å². The van der Waals surface area contributed by atoms with Crippen LogP contribution in [0, 0.1) is 5.82 Å². The van der Waals surface area contributed by atoms with Crippen molar-refractivity contribution in [3.05, 3.63) is 71.5 Å². The first kappa shape index (κ1) is 17.7. The van der Waals surface area contributed by atoms with Crippen LogP contribution >= 0.6 is 0 Å². The number of esters is 1. The molecule has 1 amide bonds. The summed E-state index contributed by atoms with van der Waals surface area (Å²) in [5.41, 5.74) is 1.34. The van der Waals surface area contributed by atoms with Crippen LogP contribution in [-0.4, -0.2) is 30.4 Å². The minimum Gasteiger partial charge on any atom is -0.469 e. The number of hydrogen-bond donors (Lipinski definition) is 0. The summed E-state index contributed by atoms with van der Waals surface area (Å²) in [6.07, 6.45) is 0.0978. The zero-order valence-corrected chi connectivity index (χ0v) is 13.7. The van der Waals surface area contributed by atoms with Gasteiger partial charge in [0.25, 0.3) is 5.91 Å². The number of amides is 1. The van der Waals surface area contributed by atoms with Gasteiger partial charge in [-0.2, -0.15) is 0 Å². The predicted molar refractivity (Wildman–Crippen MR) is 88.9 cm³/mol. The Morgan fingerprint density at radius 2 is 1.71 bits per heavy atom. The summed E-state index contributed by atoms with van der Waals surface area (Å²) < 4.78 is 17.7. The molecule has 0 fully saturated rings. The van der Waals surface area contributed by atoms with Crippen LogP contribution in [0.15, 0.2) is 54.6 Å². The second kappa shape index (κ2) is 8.24. The van der Waals surface area contributed by atoms with E-state index in [2.05, 4.69) is 4.74 Å². The van der Waals surface area contributed by atoms with E-state index in [0.29, 0.717) is 5.56 Å². The van der Waals surface area contributed by atoms with Crippen molar-refractivity contribution in [2.45, 2.75) is 19.4 Å². The number of hydrogen-bond acceptors (Lipinski definition) is 3. The Labute approximate surface area is 140 Å².